The van der Waals surface area contributed by atoms with Crippen molar-refractivity contribution in [3.05, 3.63) is 84.3 Å². The Bertz CT molecular complexity index is 1700. The molecule has 0 unspecified atom stereocenters. The standard InChI is InChI=1S/C28H26F3N5O5S/c1-40-24-17-32-11-9-21(24)18-35-12-14-36(15-13-35)27(37)20-7-8-22(23(16-20)41-28(29,30)31)34-42(38,39)25-6-2-4-19-5-3-10-33-26(19)25/h2-11,16-17,34H,12-15,18H2,1H3. The molecule has 0 atom stereocenters. The number of piperazine rings is 1. The Morgan fingerprint density at radius 3 is 2.50 bits per heavy atom. The van der Waals surface area contributed by atoms with Crippen molar-refractivity contribution in [3.63, 3.8) is 0 Å². The van der Waals surface area contributed by atoms with Crippen LogP contribution in [0.3, 0.4) is 0 Å². The Hall–Kier alpha value is -4.43. The number of carbonyl (C=O) groups is 1. The van der Waals surface area contributed by atoms with Gasteiger partial charge in [0, 0.05) is 61.6 Å². The molecule has 1 aliphatic rings. The van der Waals surface area contributed by atoms with Crippen LogP contribution >= 0.6 is 0 Å². The number of aromatic nitrogens is 2. The van der Waals surface area contributed by atoms with Crippen LogP contribution in [0.15, 0.2) is 78.1 Å². The number of sulfonamides is 1. The first-order chi connectivity index (χ1) is 20.0. The lowest BCUT2D eigenvalue weighted by atomic mass is 10.1. The van der Waals surface area contributed by atoms with Gasteiger partial charge in [-0.25, -0.2) is 8.42 Å². The van der Waals surface area contributed by atoms with Crippen molar-refractivity contribution in [1.82, 2.24) is 19.8 Å². The van der Waals surface area contributed by atoms with E-state index in [0.717, 1.165) is 17.7 Å². The molecule has 1 saturated heterocycles. The number of ether oxygens (including phenoxy) is 2. The van der Waals surface area contributed by atoms with Gasteiger partial charge in [0.2, 0.25) is 0 Å². The van der Waals surface area contributed by atoms with E-state index in [2.05, 4.69) is 24.3 Å². The van der Waals surface area contributed by atoms with Gasteiger partial charge in [-0.1, -0.05) is 18.2 Å². The van der Waals surface area contributed by atoms with Crippen LogP contribution in [0, 0.1) is 0 Å². The smallest absolute Gasteiger partial charge is 0.495 e. The lowest BCUT2D eigenvalue weighted by Crippen LogP contribution is -2.48. The zero-order valence-corrected chi connectivity index (χ0v) is 23.2. The van der Waals surface area contributed by atoms with Crippen molar-refractivity contribution in [2.75, 3.05) is 38.0 Å². The number of pyridine rings is 2. The van der Waals surface area contributed by atoms with Gasteiger partial charge in [0.25, 0.3) is 15.9 Å². The van der Waals surface area contributed by atoms with E-state index >= 15 is 0 Å². The van der Waals surface area contributed by atoms with Crippen molar-refractivity contribution in [2.45, 2.75) is 17.8 Å². The number of carbonyl (C=O) groups excluding carboxylic acids is 1. The summed E-state index contributed by atoms with van der Waals surface area (Å²) in [5, 5.41) is 0.535. The van der Waals surface area contributed by atoms with Crippen molar-refractivity contribution in [3.8, 4) is 11.5 Å². The van der Waals surface area contributed by atoms with Crippen LogP contribution in [0.2, 0.25) is 0 Å². The monoisotopic (exact) mass is 601 g/mol. The van der Waals surface area contributed by atoms with Crippen LogP contribution in [0.4, 0.5) is 18.9 Å². The molecule has 4 aromatic rings. The van der Waals surface area contributed by atoms with Crippen LogP contribution in [0.1, 0.15) is 15.9 Å². The molecule has 1 amide bonds. The van der Waals surface area contributed by atoms with Gasteiger partial charge in [-0.3, -0.25) is 24.4 Å². The summed E-state index contributed by atoms with van der Waals surface area (Å²) in [5.41, 5.74) is 0.541. The molecule has 2 aromatic carbocycles. The molecule has 0 aliphatic carbocycles. The summed E-state index contributed by atoms with van der Waals surface area (Å²) >= 11 is 0. The van der Waals surface area contributed by atoms with E-state index in [9.17, 15) is 26.4 Å². The van der Waals surface area contributed by atoms with E-state index in [4.69, 9.17) is 4.74 Å². The van der Waals surface area contributed by atoms with Gasteiger partial charge in [0.05, 0.1) is 24.5 Å². The van der Waals surface area contributed by atoms with E-state index in [-0.39, 0.29) is 16.0 Å². The molecule has 10 nitrogen and oxygen atoms in total. The van der Waals surface area contributed by atoms with Gasteiger partial charge in [0.15, 0.2) is 5.75 Å². The average Bonchev–Trinajstić information content (AvgIpc) is 2.97. The third-order valence-electron chi connectivity index (χ3n) is 6.73. The minimum atomic E-state index is -5.14. The largest absolute Gasteiger partial charge is 0.573 e. The molecular formula is C28H26F3N5O5S. The Morgan fingerprint density at radius 1 is 1.00 bits per heavy atom. The first-order valence-electron chi connectivity index (χ1n) is 12.8. The number of nitrogens with zero attached hydrogens (tertiary/aromatic N) is 4. The second kappa shape index (κ2) is 11.8. The lowest BCUT2D eigenvalue weighted by Gasteiger charge is -2.35. The Balaban J connectivity index is 1.34. The number of benzene rings is 2. The second-order valence-corrected chi connectivity index (χ2v) is 11.1. The highest BCUT2D eigenvalue weighted by atomic mass is 32.2. The van der Waals surface area contributed by atoms with E-state index in [1.165, 1.54) is 29.3 Å². The van der Waals surface area contributed by atoms with Gasteiger partial charge >= 0.3 is 6.36 Å². The third-order valence-corrected chi connectivity index (χ3v) is 8.12. The fourth-order valence-corrected chi connectivity index (χ4v) is 5.95. The molecule has 14 heteroatoms. The number of fused-ring (bicyclic) bond motifs is 1. The molecule has 42 heavy (non-hydrogen) atoms. The van der Waals surface area contributed by atoms with Crippen molar-refractivity contribution < 1.29 is 35.9 Å². The minimum absolute atomic E-state index is 0.0757. The zero-order valence-electron chi connectivity index (χ0n) is 22.3. The Labute approximate surface area is 239 Å². The number of alkyl halides is 3. The number of methoxy groups -OCH3 is 1. The normalized spacial score (nSPS) is 14.5. The quantitative estimate of drug-likeness (QED) is 0.318. The van der Waals surface area contributed by atoms with Gasteiger partial charge in [-0.2, -0.15) is 0 Å². The van der Waals surface area contributed by atoms with Crippen molar-refractivity contribution in [2.24, 2.45) is 0 Å². The molecule has 1 aliphatic heterocycles. The number of para-hydroxylation sites is 1. The SMILES string of the molecule is COc1cnccc1CN1CCN(C(=O)c2ccc(NS(=O)(=O)c3cccc4cccnc34)c(OC(F)(F)F)c2)CC1. The van der Waals surface area contributed by atoms with Gasteiger partial charge in [-0.15, -0.1) is 13.2 Å². The highest BCUT2D eigenvalue weighted by Crippen LogP contribution is 2.34. The van der Waals surface area contributed by atoms with Gasteiger partial charge in [0.1, 0.15) is 10.6 Å². The average molecular weight is 602 g/mol. The number of nitrogens with one attached hydrogen (secondary N) is 1. The van der Waals surface area contributed by atoms with E-state index < -0.39 is 33.7 Å². The zero-order chi connectivity index (χ0) is 29.9. The summed E-state index contributed by atoms with van der Waals surface area (Å²) in [6, 6.07) is 12.8. The molecule has 220 valence electrons. The number of amides is 1. The number of anilines is 1. The fraction of sp³-hybridized carbons (Fsp3) is 0.250. The summed E-state index contributed by atoms with van der Waals surface area (Å²) in [7, 11) is -2.82. The predicted molar refractivity (Wildman–Crippen MR) is 148 cm³/mol. The number of halogens is 3. The number of hydrogen-bond acceptors (Lipinski definition) is 8. The van der Waals surface area contributed by atoms with Gasteiger partial charge in [-0.05, 0) is 36.4 Å². The van der Waals surface area contributed by atoms with E-state index in [1.807, 2.05) is 6.07 Å². The molecule has 2 aromatic heterocycles. The Morgan fingerprint density at radius 2 is 1.76 bits per heavy atom. The molecule has 5 rings (SSSR count). The molecular weight excluding hydrogens is 575 g/mol. The number of hydrogen-bond donors (Lipinski definition) is 1. The summed E-state index contributed by atoms with van der Waals surface area (Å²) < 4.78 is 78.1. The highest BCUT2D eigenvalue weighted by Gasteiger charge is 2.34. The fourth-order valence-electron chi connectivity index (χ4n) is 4.70. The first-order valence-corrected chi connectivity index (χ1v) is 14.3. The molecule has 0 spiro atoms. The Kier molecular flexibility index (Phi) is 8.18. The summed E-state index contributed by atoms with van der Waals surface area (Å²) in [6.45, 7) is 2.31. The maximum absolute atomic E-state index is 13.3. The topological polar surface area (TPSA) is 114 Å². The summed E-state index contributed by atoms with van der Waals surface area (Å²) in [5.74, 6) is -0.704. The highest BCUT2D eigenvalue weighted by molar-refractivity contribution is 7.93. The van der Waals surface area contributed by atoms with Crippen LogP contribution < -0.4 is 14.2 Å². The molecule has 0 saturated carbocycles. The van der Waals surface area contributed by atoms with E-state index in [0.29, 0.717) is 43.9 Å². The first kappa shape index (κ1) is 29.1. The predicted octanol–water partition coefficient (Wildman–Crippen LogP) is 4.30. The molecule has 0 radical (unpaired) electrons. The van der Waals surface area contributed by atoms with Crippen LogP contribution in [0.25, 0.3) is 10.9 Å². The van der Waals surface area contributed by atoms with Crippen LogP contribution in [-0.4, -0.2) is 73.7 Å². The molecule has 1 fully saturated rings. The van der Waals surface area contributed by atoms with Gasteiger partial charge < -0.3 is 14.4 Å². The summed E-state index contributed by atoms with van der Waals surface area (Å²) in [4.78, 5) is 24.8. The van der Waals surface area contributed by atoms with Crippen molar-refractivity contribution in [1.29, 1.82) is 0 Å². The molecule has 0 bridgehead atoms. The third kappa shape index (κ3) is 6.55. The minimum Gasteiger partial charge on any atom is -0.495 e. The molecule has 3 heterocycles. The van der Waals surface area contributed by atoms with Crippen molar-refractivity contribution >= 4 is 32.5 Å². The van der Waals surface area contributed by atoms with E-state index in [1.54, 1.807) is 37.7 Å². The number of rotatable bonds is 8. The van der Waals surface area contributed by atoms with Crippen LogP contribution in [-0.2, 0) is 16.6 Å². The molecule has 1 N–H and O–H groups in total. The van der Waals surface area contributed by atoms with Crippen LogP contribution in [0.5, 0.6) is 11.5 Å². The maximum Gasteiger partial charge on any atom is 0.573 e. The second-order valence-electron chi connectivity index (χ2n) is 9.45. The summed E-state index contributed by atoms with van der Waals surface area (Å²) in [6.07, 6.45) is -0.433. The maximum atomic E-state index is 13.3. The lowest BCUT2D eigenvalue weighted by molar-refractivity contribution is -0.274.